The molecule has 0 spiro atoms. The van der Waals surface area contributed by atoms with Crippen LogP contribution in [0.2, 0.25) is 0 Å². The number of para-hydroxylation sites is 1. The van der Waals surface area contributed by atoms with Crippen molar-refractivity contribution in [2.24, 2.45) is 0 Å². The second-order valence-corrected chi connectivity index (χ2v) is 7.02. The summed E-state index contributed by atoms with van der Waals surface area (Å²) in [6, 6.07) is 13.1. The van der Waals surface area contributed by atoms with Gasteiger partial charge in [-0.2, -0.15) is 10.1 Å². The van der Waals surface area contributed by atoms with Gasteiger partial charge in [-0.15, -0.1) is 0 Å². The maximum Gasteiger partial charge on any atom is 0.279 e. The second kappa shape index (κ2) is 7.18. The van der Waals surface area contributed by atoms with Crippen LogP contribution >= 0.6 is 0 Å². The number of anilines is 1. The van der Waals surface area contributed by atoms with E-state index in [0.717, 1.165) is 10.9 Å². The van der Waals surface area contributed by atoms with Gasteiger partial charge in [-0.1, -0.05) is 23.4 Å². The lowest BCUT2D eigenvalue weighted by atomic mass is 10.1. The Balaban J connectivity index is 1.43. The number of H-pyrrole nitrogens is 1. The molecule has 2 aromatic heterocycles. The molecule has 3 heterocycles. The van der Waals surface area contributed by atoms with Crippen molar-refractivity contribution in [2.45, 2.75) is 12.3 Å². The van der Waals surface area contributed by atoms with Crippen molar-refractivity contribution in [3.8, 4) is 23.1 Å². The number of fused-ring (bicyclic) bond motifs is 1. The van der Waals surface area contributed by atoms with Crippen molar-refractivity contribution in [3.63, 3.8) is 0 Å². The lowest BCUT2D eigenvalue weighted by molar-refractivity contribution is -0.117. The molecular weight excluding hydrogens is 386 g/mol. The number of carbonyl (C=O) groups is 1. The van der Waals surface area contributed by atoms with E-state index < -0.39 is 0 Å². The third-order valence-electron chi connectivity index (χ3n) is 5.28. The number of nitrogens with zero attached hydrogens (tertiary/aromatic N) is 4. The highest BCUT2D eigenvalue weighted by Crippen LogP contribution is 2.38. The van der Waals surface area contributed by atoms with Gasteiger partial charge in [0, 0.05) is 30.3 Å². The van der Waals surface area contributed by atoms with E-state index in [1.165, 1.54) is 0 Å². The van der Waals surface area contributed by atoms with Gasteiger partial charge in [-0.05, 0) is 18.2 Å². The number of carbonyl (C=O) groups excluding carboxylic acids is 1. The Morgan fingerprint density at radius 3 is 2.87 bits per heavy atom. The van der Waals surface area contributed by atoms with Gasteiger partial charge in [0.25, 0.3) is 5.89 Å². The fourth-order valence-electron chi connectivity index (χ4n) is 3.74. The average molecular weight is 405 g/mol. The number of ether oxygens (including phenoxy) is 2. The summed E-state index contributed by atoms with van der Waals surface area (Å²) in [5.41, 5.74) is 2.14. The molecule has 1 fully saturated rings. The van der Waals surface area contributed by atoms with Crippen LogP contribution in [0.25, 0.3) is 22.5 Å². The molecule has 1 aliphatic rings. The van der Waals surface area contributed by atoms with E-state index in [0.29, 0.717) is 41.1 Å². The number of amides is 1. The minimum Gasteiger partial charge on any atom is -0.497 e. The molecule has 0 bridgehead atoms. The van der Waals surface area contributed by atoms with Gasteiger partial charge in [-0.3, -0.25) is 9.89 Å². The van der Waals surface area contributed by atoms with Crippen molar-refractivity contribution in [2.75, 3.05) is 25.7 Å². The number of methoxy groups -OCH3 is 2. The Labute approximate surface area is 171 Å². The SMILES string of the molecule is COc1ccc(OC)c(N2CC(c3noc(-c4n[nH]c5ccccc45)n3)CC2=O)c1. The van der Waals surface area contributed by atoms with Gasteiger partial charge in [0.2, 0.25) is 5.91 Å². The first-order valence-corrected chi connectivity index (χ1v) is 9.47. The Morgan fingerprint density at radius 1 is 1.17 bits per heavy atom. The third-order valence-corrected chi connectivity index (χ3v) is 5.28. The number of benzene rings is 2. The van der Waals surface area contributed by atoms with Crippen LogP contribution in [-0.4, -0.2) is 47.0 Å². The predicted molar refractivity (Wildman–Crippen MR) is 109 cm³/mol. The van der Waals surface area contributed by atoms with Crippen LogP contribution < -0.4 is 14.4 Å². The number of hydrogen-bond donors (Lipinski definition) is 1. The summed E-state index contributed by atoms with van der Waals surface area (Å²) >= 11 is 0. The molecule has 1 amide bonds. The molecule has 1 atom stereocenters. The number of nitrogens with one attached hydrogen (secondary N) is 1. The van der Waals surface area contributed by atoms with E-state index in [4.69, 9.17) is 14.0 Å². The van der Waals surface area contributed by atoms with E-state index in [-0.39, 0.29) is 18.2 Å². The van der Waals surface area contributed by atoms with E-state index in [1.54, 1.807) is 37.3 Å². The first kappa shape index (κ1) is 18.2. The summed E-state index contributed by atoms with van der Waals surface area (Å²) < 4.78 is 16.2. The molecule has 152 valence electrons. The quantitative estimate of drug-likeness (QED) is 0.543. The lowest BCUT2D eigenvalue weighted by Crippen LogP contribution is -2.25. The lowest BCUT2D eigenvalue weighted by Gasteiger charge is -2.20. The van der Waals surface area contributed by atoms with Crippen LogP contribution in [0.1, 0.15) is 18.2 Å². The van der Waals surface area contributed by atoms with E-state index in [1.807, 2.05) is 24.3 Å². The zero-order valence-corrected chi connectivity index (χ0v) is 16.5. The topological polar surface area (TPSA) is 106 Å². The van der Waals surface area contributed by atoms with Crippen LogP contribution in [0, 0.1) is 0 Å². The number of aromatic amines is 1. The zero-order valence-electron chi connectivity index (χ0n) is 16.5. The fraction of sp³-hybridized carbons (Fsp3) is 0.238. The van der Waals surface area contributed by atoms with Crippen molar-refractivity contribution in [1.82, 2.24) is 20.3 Å². The summed E-state index contributed by atoms with van der Waals surface area (Å²) in [6.07, 6.45) is 0.278. The summed E-state index contributed by atoms with van der Waals surface area (Å²) in [7, 11) is 3.16. The standard InChI is InChI=1S/C21H19N5O4/c1-28-13-7-8-17(29-2)16(10-13)26-11-12(9-18(26)27)20-22-21(30-25-20)19-14-5-3-4-6-15(14)23-24-19/h3-8,10,12H,9,11H2,1-2H3,(H,23,24). The molecule has 0 saturated carbocycles. The molecule has 1 N–H and O–H groups in total. The molecule has 30 heavy (non-hydrogen) atoms. The fourth-order valence-corrected chi connectivity index (χ4v) is 3.74. The van der Waals surface area contributed by atoms with Crippen molar-refractivity contribution in [1.29, 1.82) is 0 Å². The molecule has 9 nitrogen and oxygen atoms in total. The zero-order chi connectivity index (χ0) is 20.7. The van der Waals surface area contributed by atoms with Crippen molar-refractivity contribution in [3.05, 3.63) is 48.3 Å². The number of rotatable bonds is 5. The third kappa shape index (κ3) is 2.95. The first-order valence-electron chi connectivity index (χ1n) is 9.47. The van der Waals surface area contributed by atoms with Crippen molar-refractivity contribution < 1.29 is 18.8 Å². The second-order valence-electron chi connectivity index (χ2n) is 7.02. The molecule has 4 aromatic rings. The largest absolute Gasteiger partial charge is 0.497 e. The molecule has 0 aliphatic carbocycles. The summed E-state index contributed by atoms with van der Waals surface area (Å²) in [5, 5.41) is 12.3. The average Bonchev–Trinajstić information content (AvgIpc) is 3.50. The Kier molecular flexibility index (Phi) is 4.35. The molecule has 9 heteroatoms. The van der Waals surface area contributed by atoms with E-state index in [2.05, 4.69) is 20.3 Å². The van der Waals surface area contributed by atoms with E-state index >= 15 is 0 Å². The molecule has 5 rings (SSSR count). The minimum atomic E-state index is -0.198. The van der Waals surface area contributed by atoms with Gasteiger partial charge in [0.05, 0.1) is 25.4 Å². The van der Waals surface area contributed by atoms with Crippen LogP contribution in [0.5, 0.6) is 11.5 Å². The molecule has 1 saturated heterocycles. The highest BCUT2D eigenvalue weighted by Gasteiger charge is 2.36. The predicted octanol–water partition coefficient (Wildman–Crippen LogP) is 3.15. The Morgan fingerprint density at radius 2 is 2.03 bits per heavy atom. The summed E-state index contributed by atoms with van der Waals surface area (Å²) in [4.78, 5) is 19.0. The van der Waals surface area contributed by atoms with Gasteiger partial charge < -0.3 is 18.9 Å². The summed E-state index contributed by atoms with van der Waals surface area (Å²) in [5.74, 6) is 1.82. The van der Waals surface area contributed by atoms with Gasteiger partial charge >= 0.3 is 0 Å². The monoisotopic (exact) mass is 405 g/mol. The van der Waals surface area contributed by atoms with Gasteiger partial charge in [0.15, 0.2) is 11.5 Å². The molecular formula is C21H19N5O4. The van der Waals surface area contributed by atoms with Crippen molar-refractivity contribution >= 4 is 22.5 Å². The molecule has 2 aromatic carbocycles. The van der Waals surface area contributed by atoms with Crippen LogP contribution in [0.4, 0.5) is 5.69 Å². The summed E-state index contributed by atoms with van der Waals surface area (Å²) in [6.45, 7) is 0.419. The number of hydrogen-bond acceptors (Lipinski definition) is 7. The smallest absolute Gasteiger partial charge is 0.279 e. The number of aromatic nitrogens is 4. The molecule has 1 aliphatic heterocycles. The van der Waals surface area contributed by atoms with Gasteiger partial charge in [0.1, 0.15) is 11.5 Å². The maximum absolute atomic E-state index is 12.8. The normalized spacial score (nSPS) is 16.4. The highest BCUT2D eigenvalue weighted by molar-refractivity contribution is 5.98. The van der Waals surface area contributed by atoms with E-state index in [9.17, 15) is 4.79 Å². The molecule has 0 radical (unpaired) electrons. The Bertz CT molecular complexity index is 1230. The maximum atomic E-state index is 12.8. The molecule has 1 unspecified atom stereocenters. The van der Waals surface area contributed by atoms with Crippen LogP contribution in [0.15, 0.2) is 47.0 Å². The van der Waals surface area contributed by atoms with Gasteiger partial charge in [-0.25, -0.2) is 0 Å². The first-order chi connectivity index (χ1) is 14.7. The Hall–Kier alpha value is -3.88. The minimum absolute atomic E-state index is 0.0388. The van der Waals surface area contributed by atoms with Crippen LogP contribution in [-0.2, 0) is 4.79 Å². The highest BCUT2D eigenvalue weighted by atomic mass is 16.5. The van der Waals surface area contributed by atoms with Crippen LogP contribution in [0.3, 0.4) is 0 Å².